The molecule has 1 N–H and O–H groups in total. The molecule has 1 nitrogen and oxygen atoms in total. The lowest BCUT2D eigenvalue weighted by molar-refractivity contribution is 0.392. The van der Waals surface area contributed by atoms with Crippen LogP contribution in [0.25, 0.3) is 0 Å². The molecule has 1 aliphatic carbocycles. The molecular formula is C15H22BrN. The Balaban J connectivity index is 1.81. The number of halogens is 1. The smallest absolute Gasteiger partial charge is 0.0222 e. The maximum absolute atomic E-state index is 3.63. The van der Waals surface area contributed by atoms with Gasteiger partial charge in [0.25, 0.3) is 0 Å². The van der Waals surface area contributed by atoms with Crippen molar-refractivity contribution < 1.29 is 0 Å². The highest BCUT2D eigenvalue weighted by molar-refractivity contribution is 9.10. The Hall–Kier alpha value is -0.340. The Morgan fingerprint density at radius 3 is 2.82 bits per heavy atom. The summed E-state index contributed by atoms with van der Waals surface area (Å²) in [7, 11) is 0. The Morgan fingerprint density at radius 2 is 2.18 bits per heavy atom. The van der Waals surface area contributed by atoms with Crippen LogP contribution < -0.4 is 5.32 Å². The van der Waals surface area contributed by atoms with Crippen LogP contribution >= 0.6 is 15.9 Å². The van der Waals surface area contributed by atoms with Crippen molar-refractivity contribution in [1.82, 2.24) is 5.32 Å². The summed E-state index contributed by atoms with van der Waals surface area (Å²) in [5.41, 5.74) is 2.67. The van der Waals surface area contributed by atoms with E-state index < -0.39 is 0 Å². The number of hydrogen-bond donors (Lipinski definition) is 1. The van der Waals surface area contributed by atoms with Gasteiger partial charge in [-0.1, -0.05) is 47.8 Å². The van der Waals surface area contributed by atoms with Gasteiger partial charge in [0.05, 0.1) is 0 Å². The first-order valence-corrected chi connectivity index (χ1v) is 7.42. The van der Waals surface area contributed by atoms with Gasteiger partial charge in [-0.2, -0.15) is 0 Å². The first kappa shape index (κ1) is 13.1. The van der Waals surface area contributed by atoms with Crippen LogP contribution in [-0.2, 0) is 6.54 Å². The number of hydrogen-bond acceptors (Lipinski definition) is 1. The van der Waals surface area contributed by atoms with E-state index in [1.165, 1.54) is 41.4 Å². The Labute approximate surface area is 113 Å². The van der Waals surface area contributed by atoms with Crippen molar-refractivity contribution in [2.75, 3.05) is 6.54 Å². The van der Waals surface area contributed by atoms with Gasteiger partial charge in [-0.05, 0) is 48.9 Å². The molecule has 0 spiro atoms. The molecule has 0 radical (unpaired) electrons. The lowest BCUT2D eigenvalue weighted by atomic mass is 9.98. The van der Waals surface area contributed by atoms with E-state index in [1.54, 1.807) is 0 Å². The van der Waals surface area contributed by atoms with Gasteiger partial charge in [0.2, 0.25) is 0 Å². The first-order valence-electron chi connectivity index (χ1n) is 6.62. The highest BCUT2D eigenvalue weighted by atomic mass is 79.9. The second-order valence-electron chi connectivity index (χ2n) is 5.39. The van der Waals surface area contributed by atoms with Gasteiger partial charge < -0.3 is 5.32 Å². The van der Waals surface area contributed by atoms with E-state index in [2.05, 4.69) is 53.3 Å². The van der Waals surface area contributed by atoms with Crippen LogP contribution in [0, 0.1) is 18.8 Å². The van der Waals surface area contributed by atoms with Gasteiger partial charge in [0.15, 0.2) is 0 Å². The first-order chi connectivity index (χ1) is 8.16. The van der Waals surface area contributed by atoms with E-state index in [4.69, 9.17) is 0 Å². The number of rotatable bonds is 4. The fourth-order valence-corrected chi connectivity index (χ4v) is 3.35. The third-order valence-electron chi connectivity index (χ3n) is 3.97. The van der Waals surface area contributed by atoms with E-state index >= 15 is 0 Å². The maximum atomic E-state index is 3.63. The van der Waals surface area contributed by atoms with Crippen molar-refractivity contribution in [1.29, 1.82) is 0 Å². The topological polar surface area (TPSA) is 12.0 Å². The van der Waals surface area contributed by atoms with Crippen LogP contribution in [0.15, 0.2) is 22.7 Å². The summed E-state index contributed by atoms with van der Waals surface area (Å²) >= 11 is 3.63. The van der Waals surface area contributed by atoms with Crippen molar-refractivity contribution in [3.05, 3.63) is 33.8 Å². The molecule has 2 atom stereocenters. The van der Waals surface area contributed by atoms with Gasteiger partial charge in [-0.3, -0.25) is 0 Å². The molecule has 1 saturated carbocycles. The number of aryl methyl sites for hydroxylation is 1. The molecule has 17 heavy (non-hydrogen) atoms. The van der Waals surface area contributed by atoms with Gasteiger partial charge in [-0.15, -0.1) is 0 Å². The lowest BCUT2D eigenvalue weighted by Gasteiger charge is -2.16. The van der Waals surface area contributed by atoms with Crippen molar-refractivity contribution in [3.63, 3.8) is 0 Å². The van der Waals surface area contributed by atoms with Gasteiger partial charge in [-0.25, -0.2) is 0 Å². The summed E-state index contributed by atoms with van der Waals surface area (Å²) in [5, 5.41) is 3.60. The molecule has 1 aromatic carbocycles. The van der Waals surface area contributed by atoms with Crippen LogP contribution in [-0.4, -0.2) is 6.54 Å². The Bertz CT molecular complexity index is 375. The van der Waals surface area contributed by atoms with Crippen molar-refractivity contribution in [2.45, 2.75) is 39.7 Å². The van der Waals surface area contributed by atoms with Crippen LogP contribution in [0.2, 0.25) is 0 Å². The average molecular weight is 296 g/mol. The van der Waals surface area contributed by atoms with E-state index in [-0.39, 0.29) is 0 Å². The quantitative estimate of drug-likeness (QED) is 0.874. The molecule has 0 heterocycles. The van der Waals surface area contributed by atoms with Crippen LogP contribution in [0.1, 0.15) is 37.3 Å². The van der Waals surface area contributed by atoms with Gasteiger partial charge in [0, 0.05) is 11.0 Å². The molecular weight excluding hydrogens is 274 g/mol. The van der Waals surface area contributed by atoms with E-state index in [0.717, 1.165) is 18.4 Å². The molecule has 0 saturated heterocycles. The molecule has 2 unspecified atom stereocenters. The fourth-order valence-electron chi connectivity index (χ4n) is 2.71. The predicted molar refractivity (Wildman–Crippen MR) is 77.1 cm³/mol. The normalized spacial score (nSPS) is 24.2. The van der Waals surface area contributed by atoms with Crippen LogP contribution in [0.4, 0.5) is 0 Å². The average Bonchev–Trinajstić information content (AvgIpc) is 2.68. The van der Waals surface area contributed by atoms with Crippen molar-refractivity contribution in [2.24, 2.45) is 11.8 Å². The molecule has 1 aromatic rings. The maximum Gasteiger partial charge on any atom is 0.0222 e. The summed E-state index contributed by atoms with van der Waals surface area (Å²) in [6.07, 6.45) is 4.24. The second-order valence-corrected chi connectivity index (χ2v) is 6.25. The van der Waals surface area contributed by atoms with E-state index in [1.807, 2.05) is 0 Å². The van der Waals surface area contributed by atoms with Crippen molar-refractivity contribution >= 4 is 15.9 Å². The Morgan fingerprint density at radius 1 is 1.35 bits per heavy atom. The molecule has 94 valence electrons. The second kappa shape index (κ2) is 6.01. The summed E-state index contributed by atoms with van der Waals surface area (Å²) < 4.78 is 1.23. The molecule has 0 aromatic heterocycles. The zero-order valence-corrected chi connectivity index (χ0v) is 12.4. The molecule has 2 rings (SSSR count). The summed E-state index contributed by atoms with van der Waals surface area (Å²) in [6, 6.07) is 6.58. The zero-order valence-electron chi connectivity index (χ0n) is 10.8. The predicted octanol–water partition coefficient (Wildman–Crippen LogP) is 4.28. The van der Waals surface area contributed by atoms with Crippen LogP contribution in [0.3, 0.4) is 0 Å². The third kappa shape index (κ3) is 3.56. The van der Waals surface area contributed by atoms with Gasteiger partial charge >= 0.3 is 0 Å². The molecule has 0 aliphatic heterocycles. The van der Waals surface area contributed by atoms with E-state index in [0.29, 0.717) is 0 Å². The molecule has 0 bridgehead atoms. The minimum absolute atomic E-state index is 0.888. The van der Waals surface area contributed by atoms with E-state index in [9.17, 15) is 0 Å². The third-order valence-corrected chi connectivity index (χ3v) is 4.71. The highest BCUT2D eigenvalue weighted by Gasteiger charge is 2.22. The minimum Gasteiger partial charge on any atom is -0.312 e. The minimum atomic E-state index is 0.888. The highest BCUT2D eigenvalue weighted by Crippen LogP contribution is 2.30. The van der Waals surface area contributed by atoms with Crippen LogP contribution in [0.5, 0.6) is 0 Å². The zero-order chi connectivity index (χ0) is 12.3. The lowest BCUT2D eigenvalue weighted by Crippen LogP contribution is -2.24. The molecule has 1 aliphatic rings. The fraction of sp³-hybridized carbons (Fsp3) is 0.600. The molecule has 1 fully saturated rings. The monoisotopic (exact) mass is 295 g/mol. The molecule has 2 heteroatoms. The summed E-state index contributed by atoms with van der Waals surface area (Å²) in [4.78, 5) is 0. The Kier molecular flexibility index (Phi) is 4.63. The summed E-state index contributed by atoms with van der Waals surface area (Å²) in [5.74, 6) is 1.79. The van der Waals surface area contributed by atoms with Crippen molar-refractivity contribution in [3.8, 4) is 0 Å². The summed E-state index contributed by atoms with van der Waals surface area (Å²) in [6.45, 7) is 6.66. The standard InChI is InChI=1S/C15H22BrN/c1-11-6-7-14(15(16)8-11)10-17-9-13-5-3-4-12(13)2/h6-8,12-13,17H,3-5,9-10H2,1-2H3. The molecule has 0 amide bonds. The van der Waals surface area contributed by atoms with Gasteiger partial charge in [0.1, 0.15) is 0 Å². The largest absolute Gasteiger partial charge is 0.312 e. The SMILES string of the molecule is Cc1ccc(CNCC2CCCC2C)c(Br)c1. The number of benzene rings is 1. The number of nitrogens with one attached hydrogen (secondary N) is 1.